The van der Waals surface area contributed by atoms with Gasteiger partial charge in [-0.25, -0.2) is 18.3 Å². The first-order valence-corrected chi connectivity index (χ1v) is 41.6. The number of nitrogens with zero attached hydrogens (tertiary/aromatic N) is 8. The summed E-state index contributed by atoms with van der Waals surface area (Å²) in [4.78, 5) is 29.3. The Bertz CT molecular complexity index is 3110. The fourth-order valence-electron chi connectivity index (χ4n) is 8.12. The molecule has 96 heavy (non-hydrogen) atoms. The average molecular weight is 1610 g/mol. The number of aryl methyl sites for hydroxylation is 7. The van der Waals surface area contributed by atoms with Crippen LogP contribution in [0.25, 0.3) is 24.3 Å². The minimum Gasteiger partial charge on any atom is -0.481 e. The molecule has 1 saturated carbocycles. The number of carbonyl (C=O) groups excluding carboxylic acids is 1. The van der Waals surface area contributed by atoms with Gasteiger partial charge in [-0.1, -0.05) is 177 Å². The fraction of sp³-hybridized carbons (Fsp3) is 0.355. The number of carboxylic acid groups (broad SMARTS) is 1. The van der Waals surface area contributed by atoms with Gasteiger partial charge in [0.05, 0.1) is 23.0 Å². The second kappa shape index (κ2) is 55.8. The number of benzene rings is 3. The van der Waals surface area contributed by atoms with Gasteiger partial charge in [0.2, 0.25) is 0 Å². The van der Waals surface area contributed by atoms with Gasteiger partial charge in [0, 0.05) is 155 Å². The smallest absolute Gasteiger partial charge is 0.300 e. The monoisotopic (exact) mass is 1600 g/mol. The van der Waals surface area contributed by atoms with E-state index >= 15 is 0 Å². The molecule has 5 aromatic heterocycles. The van der Waals surface area contributed by atoms with E-state index in [1.807, 2.05) is 127 Å². The lowest BCUT2D eigenvalue weighted by Crippen LogP contribution is -2.34. The Morgan fingerprint density at radius 3 is 0.865 bits per heavy atom. The van der Waals surface area contributed by atoms with E-state index in [1.165, 1.54) is 93.9 Å². The molecule has 0 unspecified atom stereocenters. The van der Waals surface area contributed by atoms with Gasteiger partial charge in [-0.15, -0.1) is 17.0 Å². The molecule has 1 N–H and O–H groups in total. The second-order valence-corrected chi connectivity index (χ2v) is 32.0. The normalized spacial score (nSPS) is 11.0. The first-order valence-electron chi connectivity index (χ1n) is 31.9. The number of pyridine rings is 5. The number of halogens is 3. The predicted molar refractivity (Wildman–Crippen MR) is 440 cm³/mol. The summed E-state index contributed by atoms with van der Waals surface area (Å²) in [7, 11) is 23.8. The van der Waals surface area contributed by atoms with Crippen molar-refractivity contribution in [2.75, 3.05) is 102 Å². The molecule has 0 bridgehead atoms. The van der Waals surface area contributed by atoms with E-state index in [1.54, 1.807) is 12.4 Å². The zero-order valence-electron chi connectivity index (χ0n) is 57.8. The van der Waals surface area contributed by atoms with Crippen LogP contribution in [-0.2, 0) is 31.0 Å². The van der Waals surface area contributed by atoms with E-state index in [4.69, 9.17) is 9.90 Å². The highest BCUT2D eigenvalue weighted by molar-refractivity contribution is 9.09. The summed E-state index contributed by atoms with van der Waals surface area (Å²) in [6.07, 6.45) is 37.9. The van der Waals surface area contributed by atoms with E-state index in [-0.39, 0.29) is 17.0 Å². The van der Waals surface area contributed by atoms with Crippen molar-refractivity contribution in [1.82, 2.24) is 4.98 Å². The predicted octanol–water partition coefficient (Wildman–Crippen LogP) is 18.5. The Balaban J connectivity index is 0.000000459. The molecule has 0 radical (unpaired) electrons. The Morgan fingerprint density at radius 2 is 0.635 bits per heavy atom. The molecule has 0 saturated heterocycles. The molecule has 0 atom stereocenters. The molecule has 518 valence electrons. The highest BCUT2D eigenvalue weighted by Gasteiger charge is 2.06. The fourth-order valence-corrected chi connectivity index (χ4v) is 15.9. The lowest BCUT2D eigenvalue weighted by molar-refractivity contribution is -0.692. The summed E-state index contributed by atoms with van der Waals surface area (Å²) >= 11 is 6.71. The van der Waals surface area contributed by atoms with Gasteiger partial charge in [0.25, 0.3) is 5.97 Å². The van der Waals surface area contributed by atoms with Crippen molar-refractivity contribution >= 4 is 167 Å². The number of hydrogen-bond donors (Lipinski definition) is 1. The zero-order chi connectivity index (χ0) is 69.1. The Labute approximate surface area is 627 Å². The maximum Gasteiger partial charge on any atom is 0.300 e. The molecule has 0 spiro atoms. The molecule has 5 heterocycles. The van der Waals surface area contributed by atoms with Crippen molar-refractivity contribution in [2.45, 2.75) is 86.0 Å². The molecule has 3 aromatic carbocycles. The Kier molecular flexibility index (Phi) is 50.6. The van der Waals surface area contributed by atoms with Crippen molar-refractivity contribution in [3.63, 3.8) is 0 Å². The van der Waals surface area contributed by atoms with Gasteiger partial charge in [-0.2, -0.15) is 0 Å². The lowest BCUT2D eigenvalue weighted by Gasteiger charge is -2.11. The second-order valence-electron chi connectivity index (χ2n) is 22.3. The Morgan fingerprint density at radius 1 is 0.406 bits per heavy atom. The van der Waals surface area contributed by atoms with Crippen LogP contribution in [0.1, 0.15) is 88.3 Å². The average Bonchev–Trinajstić information content (AvgIpc) is 1.87. The van der Waals surface area contributed by atoms with Gasteiger partial charge in [0.15, 0.2) is 75.8 Å². The van der Waals surface area contributed by atoms with Crippen LogP contribution in [0.5, 0.6) is 0 Å². The molecule has 1 aliphatic rings. The van der Waals surface area contributed by atoms with Gasteiger partial charge in [-0.3, -0.25) is 14.6 Å². The molecule has 1 fully saturated rings. The first kappa shape index (κ1) is 87.1. The minimum atomic E-state index is -0.833. The van der Waals surface area contributed by atoms with Gasteiger partial charge >= 0.3 is 0 Å². The quantitative estimate of drug-likeness (QED) is 0.0174. The van der Waals surface area contributed by atoms with Crippen LogP contribution >= 0.6 is 114 Å². The van der Waals surface area contributed by atoms with Crippen LogP contribution in [0.3, 0.4) is 0 Å². The highest BCUT2D eigenvalue weighted by Crippen LogP contribution is 2.23. The summed E-state index contributed by atoms with van der Waals surface area (Å²) < 4.78 is 9.01. The largest absolute Gasteiger partial charge is 0.481 e. The molecular weight excluding hydrogens is 1510 g/mol. The number of anilines is 3. The SMILES string of the molecule is Br.BrCCSSCCBr.C1CCCC1.CC(=O)O.CN(C)c1ccc(/C=C/c2cc[n+](CCSSCC[n+]3ccc(/C=C/c4ccc(N(C)C)cc4)cc3)cc2)cc1.CN(C)c1ccc(C=O)cc1.Cc1cc[n+](CCSSCC[n+]2ccc(C)cc2)cc1.Cc1ccncc1. The van der Waals surface area contributed by atoms with Gasteiger partial charge in [-0.05, 0) is 120 Å². The molecule has 9 rings (SSSR count). The molecule has 0 amide bonds. The van der Waals surface area contributed by atoms with Crippen molar-refractivity contribution in [1.29, 1.82) is 0 Å². The third-order valence-corrected chi connectivity index (χ3v) is 22.6. The maximum absolute atomic E-state index is 10.3. The van der Waals surface area contributed by atoms with Crippen molar-refractivity contribution < 1.29 is 33.0 Å². The number of carbonyl (C=O) groups is 2. The van der Waals surface area contributed by atoms with E-state index in [0.717, 1.165) is 84.3 Å². The molecule has 1 aliphatic carbocycles. The minimum absolute atomic E-state index is 0. The number of aromatic nitrogens is 5. The lowest BCUT2D eigenvalue weighted by atomic mass is 10.1. The first-order chi connectivity index (χ1) is 46.0. The van der Waals surface area contributed by atoms with Crippen LogP contribution in [0.4, 0.5) is 17.1 Å². The van der Waals surface area contributed by atoms with Crippen molar-refractivity contribution in [3.8, 4) is 0 Å². The number of aldehydes is 1. The van der Waals surface area contributed by atoms with Crippen LogP contribution in [0.2, 0.25) is 0 Å². The summed E-state index contributed by atoms with van der Waals surface area (Å²) in [5, 5.41) is 9.62. The van der Waals surface area contributed by atoms with E-state index in [2.05, 4.69) is 278 Å². The standard InChI is InChI=1S/C34H40N4S2.C16H22N2S2.C9H11NO.C6H7N.C5H10.C4H8Br2S2.C2H4O2.BrH/c1-35(2)33-13-9-29(10-14-33)5-7-31-17-21-37(22-18-31)25-27-39-40-28-26-38-23-19-32(20-24-38)8-6-30-11-15-34(16-12-30)36(3)4;1-15-3-7-17(8-4-15)11-13-19-20-14-12-18-9-5-16(2)6-10-18;1-10(2)9-5-3-8(7-11)4-6-9;1-6-2-4-7-5-3-6;1-2-4-5-3-1;5-1-3-7-8-4-2-6;1-2(3)4;/h5-24H,25-28H2,1-4H3;3-10H,11-14H2,1-2H3;3-7H,1-2H3;2-5H,1H3;1-5H2;1-4H2;1H3,(H,3,4);1H/q2*+2;;;;;;. The summed E-state index contributed by atoms with van der Waals surface area (Å²) in [6, 6.07) is 46.0. The molecule has 8 aromatic rings. The number of hydrogen-bond acceptors (Lipinski definition) is 12. The summed E-state index contributed by atoms with van der Waals surface area (Å²) in [5.74, 6) is 6.06. The Hall–Kier alpha value is -5.03. The van der Waals surface area contributed by atoms with E-state index in [0.29, 0.717) is 0 Å². The highest BCUT2D eigenvalue weighted by atomic mass is 79.9. The molecule has 20 heteroatoms. The van der Waals surface area contributed by atoms with E-state index in [9.17, 15) is 4.79 Å². The number of carboxylic acids is 1. The van der Waals surface area contributed by atoms with Crippen molar-refractivity contribution in [3.05, 3.63) is 240 Å². The van der Waals surface area contributed by atoms with Crippen LogP contribution in [0.15, 0.2) is 195 Å². The maximum atomic E-state index is 10.3. The zero-order valence-corrected chi connectivity index (χ0v) is 67.6. The molecule has 0 aliphatic heterocycles. The van der Waals surface area contributed by atoms with Crippen LogP contribution in [-0.4, -0.2) is 110 Å². The number of aliphatic carboxylic acids is 1. The topological polar surface area (TPSA) is 92.5 Å². The molecule has 11 nitrogen and oxygen atoms in total. The van der Waals surface area contributed by atoms with Gasteiger partial charge < -0.3 is 19.8 Å². The van der Waals surface area contributed by atoms with Crippen molar-refractivity contribution in [2.24, 2.45) is 0 Å². The summed E-state index contributed by atoms with van der Waals surface area (Å²) in [6.45, 7) is 11.6. The van der Waals surface area contributed by atoms with Crippen LogP contribution in [0, 0.1) is 20.8 Å². The van der Waals surface area contributed by atoms with E-state index < -0.39 is 5.97 Å². The third-order valence-electron chi connectivity index (χ3n) is 13.6. The van der Waals surface area contributed by atoms with Gasteiger partial charge in [0.1, 0.15) is 6.29 Å². The summed E-state index contributed by atoms with van der Waals surface area (Å²) in [5.41, 5.74) is 13.0. The van der Waals surface area contributed by atoms with Crippen LogP contribution < -0.4 is 33.0 Å². The third kappa shape index (κ3) is 44.1. The molecular formula is C76H103Br3N8O3S6+4. The number of rotatable bonds is 27. The number of alkyl halides is 2.